The zero-order valence-corrected chi connectivity index (χ0v) is 13.3. The van der Waals surface area contributed by atoms with E-state index in [1.54, 1.807) is 11.3 Å². The lowest BCUT2D eigenvalue weighted by Gasteiger charge is -2.19. The van der Waals surface area contributed by atoms with E-state index in [4.69, 9.17) is 11.6 Å². The van der Waals surface area contributed by atoms with Crippen LogP contribution >= 0.6 is 38.9 Å². The maximum atomic E-state index is 6.27. The van der Waals surface area contributed by atoms with Gasteiger partial charge in [0.2, 0.25) is 0 Å². The summed E-state index contributed by atoms with van der Waals surface area (Å²) in [5.41, 5.74) is 1.23. The zero-order chi connectivity index (χ0) is 13.0. The van der Waals surface area contributed by atoms with Gasteiger partial charge in [-0.2, -0.15) is 0 Å². The van der Waals surface area contributed by atoms with Gasteiger partial charge in [0.05, 0.1) is 11.1 Å². The van der Waals surface area contributed by atoms with Crippen molar-refractivity contribution in [3.8, 4) is 0 Å². The quantitative estimate of drug-likeness (QED) is 0.781. The normalized spacial score (nSPS) is 12.6. The van der Waals surface area contributed by atoms with Gasteiger partial charge in [0.1, 0.15) is 0 Å². The lowest BCUT2D eigenvalue weighted by molar-refractivity contribution is 0.604. The Kier molecular flexibility index (Phi) is 5.25. The van der Waals surface area contributed by atoms with E-state index in [2.05, 4.69) is 46.4 Å². The number of thiophene rings is 1. The first-order valence-corrected chi connectivity index (χ1v) is 7.99. The predicted octanol–water partition coefficient (Wildman–Crippen LogP) is 5.25. The highest BCUT2D eigenvalue weighted by atomic mass is 79.9. The lowest BCUT2D eigenvalue weighted by Crippen LogP contribution is -2.23. The van der Waals surface area contributed by atoms with Crippen LogP contribution < -0.4 is 5.32 Å². The molecule has 1 unspecified atom stereocenters. The molecule has 0 bridgehead atoms. The average Bonchev–Trinajstić information content (AvgIpc) is 2.78. The van der Waals surface area contributed by atoms with Crippen LogP contribution in [0, 0.1) is 0 Å². The molecule has 1 heterocycles. The number of hydrogen-bond donors (Lipinski definition) is 1. The minimum absolute atomic E-state index is 0.160. The van der Waals surface area contributed by atoms with Crippen molar-refractivity contribution in [2.24, 2.45) is 0 Å². The molecule has 1 N–H and O–H groups in total. The molecule has 1 nitrogen and oxygen atoms in total. The van der Waals surface area contributed by atoms with Gasteiger partial charge in [-0.25, -0.2) is 0 Å². The van der Waals surface area contributed by atoms with Crippen molar-refractivity contribution in [1.29, 1.82) is 0 Å². The molecule has 1 aromatic heterocycles. The van der Waals surface area contributed by atoms with Crippen LogP contribution in [0.25, 0.3) is 0 Å². The van der Waals surface area contributed by atoms with Crippen LogP contribution in [0.5, 0.6) is 0 Å². The van der Waals surface area contributed by atoms with E-state index in [-0.39, 0.29) is 6.04 Å². The van der Waals surface area contributed by atoms with Gasteiger partial charge in [0.15, 0.2) is 0 Å². The summed E-state index contributed by atoms with van der Waals surface area (Å²) in [7, 11) is 0. The number of nitrogens with one attached hydrogen (secondary N) is 1. The van der Waals surface area contributed by atoms with E-state index in [9.17, 15) is 0 Å². The molecule has 18 heavy (non-hydrogen) atoms. The minimum atomic E-state index is 0.160. The molecule has 0 fully saturated rings. The Bertz CT molecular complexity index is 512. The van der Waals surface area contributed by atoms with Crippen LogP contribution in [0.1, 0.15) is 29.8 Å². The third-order valence-corrected chi connectivity index (χ3v) is 4.87. The molecular weight excluding hydrogens is 330 g/mol. The second-order valence-corrected chi connectivity index (χ2v) is 6.25. The molecular formula is C14H15BrClNS. The van der Waals surface area contributed by atoms with Gasteiger partial charge >= 0.3 is 0 Å². The molecule has 1 atom stereocenters. The highest BCUT2D eigenvalue weighted by Gasteiger charge is 2.19. The van der Waals surface area contributed by atoms with Crippen molar-refractivity contribution < 1.29 is 0 Å². The number of benzene rings is 1. The van der Waals surface area contributed by atoms with Crippen molar-refractivity contribution in [3.05, 3.63) is 55.6 Å². The SMILES string of the molecule is CCCNC(c1ccccc1Br)c1sccc1Cl. The van der Waals surface area contributed by atoms with E-state index in [1.165, 1.54) is 10.4 Å². The summed E-state index contributed by atoms with van der Waals surface area (Å²) in [5, 5.41) is 6.44. The molecule has 0 radical (unpaired) electrons. The summed E-state index contributed by atoms with van der Waals surface area (Å²) in [4.78, 5) is 1.18. The zero-order valence-electron chi connectivity index (χ0n) is 10.1. The Balaban J connectivity index is 2.37. The second-order valence-electron chi connectivity index (χ2n) is 4.04. The van der Waals surface area contributed by atoms with Gasteiger partial charge < -0.3 is 5.32 Å². The van der Waals surface area contributed by atoms with E-state index in [0.29, 0.717) is 0 Å². The Labute approximate surface area is 125 Å². The predicted molar refractivity (Wildman–Crippen MR) is 83.6 cm³/mol. The molecule has 2 rings (SSSR count). The summed E-state index contributed by atoms with van der Waals surface area (Å²) in [6.45, 7) is 3.14. The summed E-state index contributed by atoms with van der Waals surface area (Å²) in [5.74, 6) is 0. The van der Waals surface area contributed by atoms with Crippen LogP contribution in [-0.4, -0.2) is 6.54 Å². The molecule has 2 aromatic rings. The van der Waals surface area contributed by atoms with Crippen molar-refractivity contribution in [3.63, 3.8) is 0 Å². The maximum Gasteiger partial charge on any atom is 0.0697 e. The van der Waals surface area contributed by atoms with Crippen molar-refractivity contribution in [1.82, 2.24) is 5.32 Å². The number of rotatable bonds is 5. The highest BCUT2D eigenvalue weighted by Crippen LogP contribution is 2.35. The summed E-state index contributed by atoms with van der Waals surface area (Å²) in [6, 6.07) is 10.4. The third kappa shape index (κ3) is 3.15. The van der Waals surface area contributed by atoms with E-state index in [0.717, 1.165) is 22.5 Å². The Morgan fingerprint density at radius 1 is 1.33 bits per heavy atom. The number of halogens is 2. The first-order valence-electron chi connectivity index (χ1n) is 5.94. The van der Waals surface area contributed by atoms with Crippen molar-refractivity contribution >= 4 is 38.9 Å². The Hall–Kier alpha value is -0.350. The van der Waals surface area contributed by atoms with Gasteiger partial charge in [0.25, 0.3) is 0 Å². The van der Waals surface area contributed by atoms with Crippen LogP contribution in [0.3, 0.4) is 0 Å². The molecule has 0 spiro atoms. The molecule has 96 valence electrons. The fraction of sp³-hybridized carbons (Fsp3) is 0.286. The van der Waals surface area contributed by atoms with Crippen LogP contribution in [0.15, 0.2) is 40.2 Å². The minimum Gasteiger partial charge on any atom is -0.306 e. The van der Waals surface area contributed by atoms with Crippen LogP contribution in [0.4, 0.5) is 0 Å². The van der Waals surface area contributed by atoms with Crippen LogP contribution in [0.2, 0.25) is 5.02 Å². The van der Waals surface area contributed by atoms with Gasteiger partial charge in [-0.3, -0.25) is 0 Å². The molecule has 0 aliphatic carbocycles. The standard InChI is InChI=1S/C14H15BrClNS/c1-2-8-17-13(14-12(16)7-9-18-14)10-5-3-4-6-11(10)15/h3-7,9,13,17H,2,8H2,1H3. The second kappa shape index (κ2) is 6.71. The van der Waals surface area contributed by atoms with Gasteiger partial charge in [0, 0.05) is 9.35 Å². The van der Waals surface area contributed by atoms with Gasteiger partial charge in [-0.05, 0) is 36.0 Å². The third-order valence-electron chi connectivity index (χ3n) is 2.72. The lowest BCUT2D eigenvalue weighted by atomic mass is 10.1. The van der Waals surface area contributed by atoms with Crippen molar-refractivity contribution in [2.45, 2.75) is 19.4 Å². The van der Waals surface area contributed by atoms with E-state index in [1.807, 2.05) is 17.5 Å². The topological polar surface area (TPSA) is 12.0 Å². The summed E-state index contributed by atoms with van der Waals surface area (Å²) >= 11 is 11.6. The Morgan fingerprint density at radius 3 is 2.72 bits per heavy atom. The molecule has 0 aliphatic rings. The smallest absolute Gasteiger partial charge is 0.0697 e. The average molecular weight is 345 g/mol. The molecule has 0 amide bonds. The largest absolute Gasteiger partial charge is 0.306 e. The van der Waals surface area contributed by atoms with E-state index < -0.39 is 0 Å². The first-order chi connectivity index (χ1) is 8.74. The maximum absolute atomic E-state index is 6.27. The number of hydrogen-bond acceptors (Lipinski definition) is 2. The van der Waals surface area contributed by atoms with E-state index >= 15 is 0 Å². The molecule has 4 heteroatoms. The first kappa shape index (κ1) is 14.1. The molecule has 1 aromatic carbocycles. The Morgan fingerprint density at radius 2 is 2.11 bits per heavy atom. The molecule has 0 saturated heterocycles. The van der Waals surface area contributed by atoms with Crippen molar-refractivity contribution in [2.75, 3.05) is 6.54 Å². The van der Waals surface area contributed by atoms with Crippen LogP contribution in [-0.2, 0) is 0 Å². The molecule has 0 saturated carbocycles. The monoisotopic (exact) mass is 343 g/mol. The van der Waals surface area contributed by atoms with Gasteiger partial charge in [-0.15, -0.1) is 11.3 Å². The molecule has 0 aliphatic heterocycles. The fourth-order valence-corrected chi connectivity index (χ4v) is 3.63. The van der Waals surface area contributed by atoms with Gasteiger partial charge in [-0.1, -0.05) is 52.7 Å². The highest BCUT2D eigenvalue weighted by molar-refractivity contribution is 9.10. The fourth-order valence-electron chi connectivity index (χ4n) is 1.85. The summed E-state index contributed by atoms with van der Waals surface area (Å²) < 4.78 is 1.11. The summed E-state index contributed by atoms with van der Waals surface area (Å²) in [6.07, 6.45) is 1.10.